The predicted molar refractivity (Wildman–Crippen MR) is 118 cm³/mol. The number of hydrogen-bond donors (Lipinski definition) is 0. The van der Waals surface area contributed by atoms with Crippen molar-refractivity contribution in [3.63, 3.8) is 0 Å². The Bertz CT molecular complexity index is 772. The molecule has 2 aromatic rings. The molecule has 0 N–H and O–H groups in total. The zero-order valence-electron chi connectivity index (χ0n) is 17.9. The molecular weight excluding hydrogens is 468 g/mol. The quantitative estimate of drug-likeness (QED) is 0.369. The van der Waals surface area contributed by atoms with Gasteiger partial charge in [-0.05, 0) is 47.6 Å². The first kappa shape index (κ1) is 29.8. The van der Waals surface area contributed by atoms with Gasteiger partial charge in [0, 0.05) is 9.75 Å². The van der Waals surface area contributed by atoms with E-state index in [9.17, 15) is 29.6 Å². The maximum absolute atomic E-state index is 11.1. The van der Waals surface area contributed by atoms with Crippen LogP contribution in [-0.4, -0.2) is 49.7 Å². The van der Waals surface area contributed by atoms with Gasteiger partial charge in [0.1, 0.15) is 0 Å². The molecule has 0 aliphatic rings. The topological polar surface area (TPSA) is 139 Å². The zero-order valence-corrected chi connectivity index (χ0v) is 21.7. The molecule has 0 spiro atoms. The molecule has 0 saturated heterocycles. The maximum Gasteiger partial charge on any atom is 2.00 e. The van der Waals surface area contributed by atoms with Crippen LogP contribution in [0.3, 0.4) is 0 Å². The second-order valence-corrected chi connectivity index (χ2v) is 9.52. The fourth-order valence-corrected chi connectivity index (χ4v) is 4.74. The molecule has 0 unspecified atom stereocenters. The Kier molecular flexibility index (Phi) is 12.9. The Labute approximate surface area is 219 Å². The van der Waals surface area contributed by atoms with E-state index in [2.05, 4.69) is 10.4 Å². The molecule has 0 aromatic carbocycles. The Hall–Kier alpha value is -1.20. The van der Waals surface area contributed by atoms with Crippen LogP contribution in [0.5, 0.6) is 0 Å². The molecule has 0 fully saturated rings. The fourth-order valence-electron chi connectivity index (χ4n) is 3.02. The molecule has 0 bridgehead atoms. The van der Waals surface area contributed by atoms with Gasteiger partial charge in [0.25, 0.3) is 0 Å². The number of thiophene rings is 2. The standard InChI is InChI=1S/2C10H13NO3S.Ca/c2*1-7(2)6-10(11-14,9(12)13)8-4-3-5-15-8;/h2*3-5,7H,6H2,1-2H3,(H,12,13);/q;;+2/p-2/t2*10-;/m11./s1. The number of rotatable bonds is 10. The van der Waals surface area contributed by atoms with Crippen LogP contribution in [0, 0.1) is 21.6 Å². The van der Waals surface area contributed by atoms with Gasteiger partial charge >= 0.3 is 37.7 Å². The maximum atomic E-state index is 11.1. The van der Waals surface area contributed by atoms with Crippen LogP contribution in [0.1, 0.15) is 50.3 Å². The summed E-state index contributed by atoms with van der Waals surface area (Å²) in [6.45, 7) is 7.37. The number of nitrogens with zero attached hydrogens (tertiary/aromatic N) is 2. The van der Waals surface area contributed by atoms with Crippen molar-refractivity contribution in [3.05, 3.63) is 54.6 Å². The van der Waals surface area contributed by atoms with Crippen molar-refractivity contribution >= 4 is 72.4 Å². The van der Waals surface area contributed by atoms with Gasteiger partial charge in [0.05, 0.1) is 11.9 Å². The fraction of sp³-hybridized carbons (Fsp3) is 0.500. The van der Waals surface area contributed by atoms with E-state index >= 15 is 0 Å². The number of carbonyl (C=O) groups excluding carboxylic acids is 2. The molecule has 0 radical (unpaired) electrons. The van der Waals surface area contributed by atoms with Gasteiger partial charge in [-0.1, -0.05) is 50.2 Å². The van der Waals surface area contributed by atoms with E-state index in [1.807, 2.05) is 27.7 Å². The van der Waals surface area contributed by atoms with Gasteiger partial charge in [-0.15, -0.1) is 32.5 Å². The average molecular weight is 493 g/mol. The second kappa shape index (κ2) is 13.4. The van der Waals surface area contributed by atoms with Crippen LogP contribution in [0.15, 0.2) is 45.4 Å². The molecule has 11 heteroatoms. The SMILES string of the molecule is CC(C)C[C@](N=O)(C(=O)[O-])c1cccs1.CC(C)C[C@](N=O)(C(=O)[O-])c1cccs1.[Ca+2]. The summed E-state index contributed by atoms with van der Waals surface area (Å²) in [5.41, 5.74) is -3.44. The third-order valence-corrected chi connectivity index (χ3v) is 6.29. The Morgan fingerprint density at radius 2 is 1.16 bits per heavy atom. The Morgan fingerprint density at radius 3 is 1.32 bits per heavy atom. The Balaban J connectivity index is 0.000000562. The number of carboxylic acids is 2. The van der Waals surface area contributed by atoms with Gasteiger partial charge in [-0.25, -0.2) is 0 Å². The van der Waals surface area contributed by atoms with Crippen molar-refractivity contribution in [1.29, 1.82) is 0 Å². The molecule has 2 atom stereocenters. The van der Waals surface area contributed by atoms with Crippen molar-refractivity contribution in [2.75, 3.05) is 0 Å². The number of nitroso groups, excluding NO2 is 2. The third kappa shape index (κ3) is 7.42. The summed E-state index contributed by atoms with van der Waals surface area (Å²) in [6.07, 6.45) is 0.332. The molecule has 0 saturated carbocycles. The third-order valence-electron chi connectivity index (χ3n) is 4.25. The van der Waals surface area contributed by atoms with E-state index < -0.39 is 23.0 Å². The van der Waals surface area contributed by atoms with E-state index in [1.165, 1.54) is 22.7 Å². The summed E-state index contributed by atoms with van der Waals surface area (Å²) in [7, 11) is 0. The van der Waals surface area contributed by atoms with Gasteiger partial charge < -0.3 is 19.8 Å². The number of carbonyl (C=O) groups is 2. The van der Waals surface area contributed by atoms with Crippen LogP contribution in [0.25, 0.3) is 0 Å². The summed E-state index contributed by atoms with van der Waals surface area (Å²) in [6, 6.07) is 6.60. The van der Waals surface area contributed by atoms with Gasteiger partial charge in [-0.3, -0.25) is 0 Å². The summed E-state index contributed by atoms with van der Waals surface area (Å²) >= 11 is 2.42. The molecular formula is C20H24CaN2O6S2. The minimum absolute atomic E-state index is 0. The first-order valence-electron chi connectivity index (χ1n) is 9.25. The predicted octanol–water partition coefficient (Wildman–Crippen LogP) is 2.63. The summed E-state index contributed by atoms with van der Waals surface area (Å²) in [5, 5.41) is 31.2. The molecule has 8 nitrogen and oxygen atoms in total. The van der Waals surface area contributed by atoms with Crippen LogP contribution >= 0.6 is 22.7 Å². The summed E-state index contributed by atoms with van der Waals surface area (Å²) in [5.74, 6) is -2.73. The smallest absolute Gasteiger partial charge is 0.547 e. The van der Waals surface area contributed by atoms with Gasteiger partial charge in [0.2, 0.25) is 0 Å². The molecule has 0 aliphatic carbocycles. The monoisotopic (exact) mass is 492 g/mol. The van der Waals surface area contributed by atoms with Gasteiger partial charge in [-0.2, -0.15) is 0 Å². The van der Waals surface area contributed by atoms with Crippen molar-refractivity contribution in [1.82, 2.24) is 0 Å². The molecule has 164 valence electrons. The molecule has 0 aliphatic heterocycles. The van der Waals surface area contributed by atoms with E-state index in [0.29, 0.717) is 9.75 Å². The normalized spacial score (nSPS) is 14.4. The van der Waals surface area contributed by atoms with E-state index in [1.54, 1.807) is 35.0 Å². The van der Waals surface area contributed by atoms with E-state index in [0.717, 1.165) is 0 Å². The van der Waals surface area contributed by atoms with Crippen LogP contribution < -0.4 is 10.2 Å². The zero-order chi connectivity index (χ0) is 22.9. The molecule has 2 aromatic heterocycles. The van der Waals surface area contributed by atoms with Crippen molar-refractivity contribution in [2.45, 2.75) is 51.6 Å². The Morgan fingerprint density at radius 1 is 0.839 bits per heavy atom. The van der Waals surface area contributed by atoms with Crippen LogP contribution in [0.4, 0.5) is 0 Å². The molecule has 0 amide bonds. The average Bonchev–Trinajstić information content (AvgIpc) is 3.38. The minimum atomic E-state index is -1.72. The largest absolute Gasteiger partial charge is 2.00 e. The number of carboxylic acid groups (broad SMARTS) is 2. The van der Waals surface area contributed by atoms with Crippen molar-refractivity contribution in [2.24, 2.45) is 22.2 Å². The molecule has 2 rings (SSSR count). The van der Waals surface area contributed by atoms with Crippen LogP contribution in [0.2, 0.25) is 0 Å². The van der Waals surface area contributed by atoms with Crippen molar-refractivity contribution in [3.8, 4) is 0 Å². The minimum Gasteiger partial charge on any atom is -0.547 e. The molecule has 31 heavy (non-hydrogen) atoms. The number of aliphatic carboxylic acids is 2. The first-order chi connectivity index (χ1) is 14.1. The van der Waals surface area contributed by atoms with Crippen LogP contribution in [-0.2, 0) is 20.7 Å². The first-order valence-corrected chi connectivity index (χ1v) is 11.0. The van der Waals surface area contributed by atoms with E-state index in [4.69, 9.17) is 0 Å². The summed E-state index contributed by atoms with van der Waals surface area (Å²) in [4.78, 5) is 44.7. The summed E-state index contributed by atoms with van der Waals surface area (Å²) < 4.78 is 0. The van der Waals surface area contributed by atoms with Crippen molar-refractivity contribution < 1.29 is 19.8 Å². The van der Waals surface area contributed by atoms with E-state index in [-0.39, 0.29) is 62.4 Å². The number of hydrogen-bond acceptors (Lipinski definition) is 10. The second-order valence-electron chi connectivity index (χ2n) is 7.63. The van der Waals surface area contributed by atoms with Gasteiger partial charge in [0.15, 0.2) is 11.1 Å². The molecule has 2 heterocycles.